The molecule has 39 heavy (non-hydrogen) atoms. The maximum atomic E-state index is 13.3. The van der Waals surface area contributed by atoms with E-state index in [2.05, 4.69) is 26.0 Å². The molecule has 0 saturated carbocycles. The molecule has 0 amide bonds. The number of furan rings is 1. The summed E-state index contributed by atoms with van der Waals surface area (Å²) in [5, 5.41) is 15.7. The Morgan fingerprint density at radius 3 is 2.72 bits per heavy atom. The van der Waals surface area contributed by atoms with E-state index in [9.17, 15) is 19.7 Å². The number of carbonyl (C=O) groups excluding carboxylic acids is 1. The molecule has 2 aromatic heterocycles. The molecule has 0 N–H and O–H groups in total. The summed E-state index contributed by atoms with van der Waals surface area (Å²) in [6, 6.07) is 21.0. The van der Waals surface area contributed by atoms with Crippen LogP contribution in [0.15, 0.2) is 110 Å². The summed E-state index contributed by atoms with van der Waals surface area (Å²) >= 11 is 3.39. The second-order valence-electron chi connectivity index (χ2n) is 8.08. The molecular formula is C28H17BrN4O6. The fraction of sp³-hybridized carbons (Fsp3) is 0. The third-order valence-electron chi connectivity index (χ3n) is 5.48. The van der Waals surface area contributed by atoms with Gasteiger partial charge in [0.25, 0.3) is 11.2 Å². The number of nitrogens with zero attached hydrogens (tertiary/aromatic N) is 4. The predicted molar refractivity (Wildman–Crippen MR) is 149 cm³/mol. The summed E-state index contributed by atoms with van der Waals surface area (Å²) in [6.07, 6.45) is 5.42. The summed E-state index contributed by atoms with van der Waals surface area (Å²) in [5.74, 6) is 0.0202. The van der Waals surface area contributed by atoms with Crippen molar-refractivity contribution in [3.8, 4) is 17.3 Å². The Balaban J connectivity index is 1.47. The first-order chi connectivity index (χ1) is 18.9. The van der Waals surface area contributed by atoms with Crippen molar-refractivity contribution in [1.82, 2.24) is 9.66 Å². The summed E-state index contributed by atoms with van der Waals surface area (Å²) in [7, 11) is 0. The van der Waals surface area contributed by atoms with Gasteiger partial charge in [-0.2, -0.15) is 9.78 Å². The van der Waals surface area contributed by atoms with Crippen LogP contribution in [-0.2, 0) is 4.79 Å². The Kier molecular flexibility index (Phi) is 7.23. The Morgan fingerprint density at radius 2 is 1.92 bits per heavy atom. The number of para-hydroxylation sites is 1. The third-order valence-corrected chi connectivity index (χ3v) is 5.98. The van der Waals surface area contributed by atoms with Gasteiger partial charge in [0.2, 0.25) is 5.82 Å². The number of nitro benzene ring substituents is 1. The molecule has 0 bridgehead atoms. The number of esters is 1. The van der Waals surface area contributed by atoms with Crippen molar-refractivity contribution in [3.63, 3.8) is 0 Å². The number of aromatic nitrogens is 2. The number of non-ortho nitro benzene ring substituents is 1. The van der Waals surface area contributed by atoms with E-state index in [0.717, 1.165) is 10.8 Å². The first-order valence-corrected chi connectivity index (χ1v) is 12.2. The van der Waals surface area contributed by atoms with Crippen LogP contribution >= 0.6 is 15.9 Å². The molecule has 0 saturated heterocycles. The van der Waals surface area contributed by atoms with E-state index in [-0.39, 0.29) is 17.3 Å². The quantitative estimate of drug-likeness (QED) is 0.0587. The molecule has 5 aromatic rings. The van der Waals surface area contributed by atoms with Gasteiger partial charge in [-0.15, -0.1) is 0 Å². The molecule has 0 aliphatic rings. The zero-order valence-electron chi connectivity index (χ0n) is 19.9. The number of fused-ring (bicyclic) bond motifs is 1. The lowest BCUT2D eigenvalue weighted by Gasteiger charge is -2.09. The highest BCUT2D eigenvalue weighted by Crippen LogP contribution is 2.24. The molecule has 10 nitrogen and oxygen atoms in total. The Hall–Kier alpha value is -5.16. The molecule has 0 aliphatic heterocycles. The van der Waals surface area contributed by atoms with Gasteiger partial charge in [0.05, 0.1) is 28.3 Å². The highest BCUT2D eigenvalue weighted by atomic mass is 79.9. The number of nitro groups is 1. The van der Waals surface area contributed by atoms with Gasteiger partial charge in [-0.05, 0) is 54.1 Å². The van der Waals surface area contributed by atoms with E-state index in [1.54, 1.807) is 60.7 Å². The van der Waals surface area contributed by atoms with E-state index < -0.39 is 16.5 Å². The topological polar surface area (TPSA) is 130 Å². The molecule has 0 radical (unpaired) electrons. The lowest BCUT2D eigenvalue weighted by atomic mass is 10.2. The van der Waals surface area contributed by atoms with Gasteiger partial charge in [0.15, 0.2) is 5.76 Å². The van der Waals surface area contributed by atoms with E-state index in [4.69, 9.17) is 9.15 Å². The van der Waals surface area contributed by atoms with Gasteiger partial charge in [0, 0.05) is 28.2 Å². The van der Waals surface area contributed by atoms with Crippen molar-refractivity contribution < 1.29 is 18.9 Å². The lowest BCUT2D eigenvalue weighted by Crippen LogP contribution is -2.20. The van der Waals surface area contributed by atoms with Crippen LogP contribution in [0.4, 0.5) is 5.69 Å². The standard InChI is InChI=1S/C28H17BrN4O6/c29-20-11-12-24(39-26(34)13-10-18-5-3-6-21(15-18)33(36)37)19(16-20)17-30-32-27(25-9-4-14-38-25)31-23-8-2-1-7-22(23)28(32)35/h1-17H/b13-10+,30-17?. The number of rotatable bonds is 7. The summed E-state index contributed by atoms with van der Waals surface area (Å²) in [5.41, 5.74) is 0.855. The molecule has 192 valence electrons. The highest BCUT2D eigenvalue weighted by molar-refractivity contribution is 9.10. The number of hydrogen-bond donors (Lipinski definition) is 0. The molecular weight excluding hydrogens is 568 g/mol. The largest absolute Gasteiger partial charge is 0.461 e. The van der Waals surface area contributed by atoms with Crippen LogP contribution in [-0.4, -0.2) is 26.8 Å². The number of halogens is 1. The number of benzene rings is 3. The van der Waals surface area contributed by atoms with E-state index in [1.807, 2.05) is 0 Å². The van der Waals surface area contributed by atoms with Crippen LogP contribution in [0.3, 0.4) is 0 Å². The Morgan fingerprint density at radius 1 is 1.08 bits per heavy atom. The van der Waals surface area contributed by atoms with Crippen LogP contribution in [0, 0.1) is 10.1 Å². The highest BCUT2D eigenvalue weighted by Gasteiger charge is 2.15. The SMILES string of the molecule is O=C(/C=C/c1cccc([N+](=O)[O-])c1)Oc1ccc(Br)cc1C=Nn1c(-c2ccco2)nc2ccccc2c1=O. The summed E-state index contributed by atoms with van der Waals surface area (Å²) in [4.78, 5) is 40.9. The van der Waals surface area contributed by atoms with Gasteiger partial charge < -0.3 is 9.15 Å². The number of carbonyl (C=O) groups is 1. The average molecular weight is 585 g/mol. The van der Waals surface area contributed by atoms with Crippen LogP contribution in [0.2, 0.25) is 0 Å². The van der Waals surface area contributed by atoms with Crippen molar-refractivity contribution in [2.45, 2.75) is 0 Å². The van der Waals surface area contributed by atoms with Crippen molar-refractivity contribution in [2.24, 2.45) is 5.10 Å². The molecule has 0 unspecified atom stereocenters. The van der Waals surface area contributed by atoms with Gasteiger partial charge in [0.1, 0.15) is 5.75 Å². The minimum atomic E-state index is -0.709. The predicted octanol–water partition coefficient (Wildman–Crippen LogP) is 5.83. The van der Waals surface area contributed by atoms with Crippen LogP contribution in [0.1, 0.15) is 11.1 Å². The smallest absolute Gasteiger partial charge is 0.336 e. The fourth-order valence-electron chi connectivity index (χ4n) is 3.68. The van der Waals surface area contributed by atoms with E-state index >= 15 is 0 Å². The third kappa shape index (κ3) is 5.73. The normalized spacial score (nSPS) is 11.4. The molecule has 0 fully saturated rings. The maximum Gasteiger partial charge on any atom is 0.336 e. The summed E-state index contributed by atoms with van der Waals surface area (Å²) < 4.78 is 12.8. The van der Waals surface area contributed by atoms with Crippen molar-refractivity contribution >= 4 is 50.8 Å². The Bertz CT molecular complexity index is 1830. The fourth-order valence-corrected chi connectivity index (χ4v) is 4.06. The molecule has 0 atom stereocenters. The van der Waals surface area contributed by atoms with Crippen LogP contribution in [0.25, 0.3) is 28.6 Å². The molecule has 5 rings (SSSR count). The van der Waals surface area contributed by atoms with E-state index in [0.29, 0.717) is 32.3 Å². The minimum absolute atomic E-state index is 0.0933. The van der Waals surface area contributed by atoms with Crippen molar-refractivity contribution in [1.29, 1.82) is 0 Å². The van der Waals surface area contributed by atoms with Gasteiger partial charge >= 0.3 is 5.97 Å². The first kappa shape index (κ1) is 25.5. The first-order valence-electron chi connectivity index (χ1n) is 11.4. The molecule has 0 aliphatic carbocycles. The second kappa shape index (κ2) is 11.1. The van der Waals surface area contributed by atoms with E-state index in [1.165, 1.54) is 36.8 Å². The Labute approximate surface area is 228 Å². The van der Waals surface area contributed by atoms with Crippen molar-refractivity contribution in [2.75, 3.05) is 0 Å². The zero-order chi connectivity index (χ0) is 27.4. The maximum absolute atomic E-state index is 13.3. The van der Waals surface area contributed by atoms with Gasteiger partial charge in [-0.25, -0.2) is 9.78 Å². The van der Waals surface area contributed by atoms with Crippen molar-refractivity contribution in [3.05, 3.63) is 127 Å². The minimum Gasteiger partial charge on any atom is -0.461 e. The summed E-state index contributed by atoms with van der Waals surface area (Å²) in [6.45, 7) is 0. The van der Waals surface area contributed by atoms with Crippen LogP contribution < -0.4 is 10.3 Å². The monoisotopic (exact) mass is 584 g/mol. The number of ether oxygens (including phenoxy) is 1. The zero-order valence-corrected chi connectivity index (χ0v) is 21.5. The van der Waals surface area contributed by atoms with Gasteiger partial charge in [-0.1, -0.05) is 40.2 Å². The number of hydrogen-bond acceptors (Lipinski definition) is 8. The lowest BCUT2D eigenvalue weighted by molar-refractivity contribution is -0.384. The second-order valence-corrected chi connectivity index (χ2v) is 9.00. The van der Waals surface area contributed by atoms with Crippen LogP contribution in [0.5, 0.6) is 5.75 Å². The average Bonchev–Trinajstić information content (AvgIpc) is 3.48. The molecule has 0 spiro atoms. The molecule has 2 heterocycles. The molecule has 11 heteroatoms. The van der Waals surface area contributed by atoms with Gasteiger partial charge in [-0.3, -0.25) is 14.9 Å². The molecule has 3 aromatic carbocycles.